The van der Waals surface area contributed by atoms with Gasteiger partial charge in [-0.15, -0.1) is 0 Å². The van der Waals surface area contributed by atoms with E-state index in [2.05, 4.69) is 61.0 Å². The maximum absolute atomic E-state index is 10.4. The van der Waals surface area contributed by atoms with Gasteiger partial charge in [-0.3, -0.25) is 0 Å². The van der Waals surface area contributed by atoms with Gasteiger partial charge >= 0.3 is 0 Å². The number of hydrogen-bond acceptors (Lipinski definition) is 7. The Morgan fingerprint density at radius 3 is 2.31 bits per heavy atom. The number of nitriles is 4. The van der Waals surface area contributed by atoms with Crippen LogP contribution in [0.3, 0.4) is 0 Å². The molecule has 0 saturated heterocycles. The number of nitrogens with two attached hydrogens (primary N) is 1. The molecule has 0 saturated carbocycles. The molecule has 8 heteroatoms. The van der Waals surface area contributed by atoms with Gasteiger partial charge in [-0.2, -0.15) is 21.0 Å². The molecule has 180 valence electrons. The molecule has 0 unspecified atom stereocenters. The standard InChI is InChI=1S/C27H28BrN5O2/c1-5-34-22-11-19(21(28)12-23(22)35-9-8-29)24-18-10-16(26(2,3)4)6-7-17(18)20(13-30)25(33)27(24,14-31)15-32/h7,11-12,16,18,24H,5-6,9-10,33H2,1-4H3/t16-,18+,24+/m1/s1. The summed E-state index contributed by atoms with van der Waals surface area (Å²) in [4.78, 5) is 0. The van der Waals surface area contributed by atoms with Crippen molar-refractivity contribution in [1.29, 1.82) is 21.0 Å². The maximum atomic E-state index is 10.4. The number of nitrogens with zero attached hydrogens (tertiary/aromatic N) is 4. The Kier molecular flexibility index (Phi) is 7.50. The van der Waals surface area contributed by atoms with Crippen LogP contribution < -0.4 is 15.2 Å². The molecule has 3 atom stereocenters. The van der Waals surface area contributed by atoms with E-state index in [-0.39, 0.29) is 35.1 Å². The monoisotopic (exact) mass is 533 g/mol. The average Bonchev–Trinajstić information content (AvgIpc) is 2.83. The average molecular weight is 534 g/mol. The lowest BCUT2D eigenvalue weighted by molar-refractivity contribution is 0.170. The fourth-order valence-corrected chi connectivity index (χ4v) is 5.79. The van der Waals surface area contributed by atoms with Crippen LogP contribution in [0.15, 0.2) is 39.5 Å². The lowest BCUT2D eigenvalue weighted by Crippen LogP contribution is -2.44. The Hall–Kier alpha value is -3.46. The van der Waals surface area contributed by atoms with E-state index in [9.17, 15) is 15.8 Å². The number of ether oxygens (including phenoxy) is 2. The molecule has 0 heterocycles. The van der Waals surface area contributed by atoms with Crippen molar-refractivity contribution in [3.8, 4) is 35.8 Å². The van der Waals surface area contributed by atoms with Crippen molar-refractivity contribution in [2.24, 2.45) is 28.4 Å². The number of hydrogen-bond donors (Lipinski definition) is 1. The van der Waals surface area contributed by atoms with Crippen molar-refractivity contribution in [3.63, 3.8) is 0 Å². The third kappa shape index (κ3) is 4.48. The van der Waals surface area contributed by atoms with Crippen molar-refractivity contribution in [2.75, 3.05) is 13.2 Å². The van der Waals surface area contributed by atoms with Crippen LogP contribution in [0, 0.1) is 68.0 Å². The van der Waals surface area contributed by atoms with E-state index in [0.29, 0.717) is 34.6 Å². The molecule has 3 rings (SSSR count). The number of allylic oxidation sites excluding steroid dienone is 4. The summed E-state index contributed by atoms with van der Waals surface area (Å²) >= 11 is 3.61. The van der Waals surface area contributed by atoms with E-state index in [0.717, 1.165) is 12.0 Å². The van der Waals surface area contributed by atoms with Crippen LogP contribution in [0.5, 0.6) is 11.5 Å². The minimum absolute atomic E-state index is 0.00323. The predicted molar refractivity (Wildman–Crippen MR) is 133 cm³/mol. The molecular formula is C27H28BrN5O2. The topological polar surface area (TPSA) is 140 Å². The number of benzene rings is 1. The zero-order chi connectivity index (χ0) is 26.0. The highest BCUT2D eigenvalue weighted by atomic mass is 79.9. The van der Waals surface area contributed by atoms with Crippen LogP contribution in [-0.4, -0.2) is 13.2 Å². The van der Waals surface area contributed by atoms with Gasteiger partial charge in [-0.25, -0.2) is 0 Å². The molecule has 2 aliphatic rings. The lowest BCUT2D eigenvalue weighted by Gasteiger charge is -2.47. The largest absolute Gasteiger partial charge is 0.490 e. The molecule has 0 spiro atoms. The summed E-state index contributed by atoms with van der Waals surface area (Å²) in [6, 6.07) is 12.0. The molecule has 2 N–H and O–H groups in total. The van der Waals surface area contributed by atoms with Gasteiger partial charge in [0.1, 0.15) is 12.1 Å². The Morgan fingerprint density at radius 2 is 1.77 bits per heavy atom. The van der Waals surface area contributed by atoms with Crippen LogP contribution >= 0.6 is 15.9 Å². The van der Waals surface area contributed by atoms with Gasteiger partial charge in [0.25, 0.3) is 0 Å². The first-order chi connectivity index (χ1) is 16.6. The smallest absolute Gasteiger partial charge is 0.191 e. The first-order valence-corrected chi connectivity index (χ1v) is 12.3. The summed E-state index contributed by atoms with van der Waals surface area (Å²) in [6.45, 7) is 8.57. The van der Waals surface area contributed by atoms with E-state index >= 15 is 0 Å². The van der Waals surface area contributed by atoms with Gasteiger partial charge in [0.2, 0.25) is 0 Å². The third-order valence-corrected chi connectivity index (χ3v) is 7.78. The van der Waals surface area contributed by atoms with Crippen molar-refractivity contribution < 1.29 is 9.47 Å². The Balaban J connectivity index is 2.33. The second kappa shape index (κ2) is 10.0. The molecule has 0 radical (unpaired) electrons. The van der Waals surface area contributed by atoms with E-state index in [1.54, 1.807) is 12.1 Å². The van der Waals surface area contributed by atoms with Crippen molar-refractivity contribution >= 4 is 15.9 Å². The van der Waals surface area contributed by atoms with E-state index in [1.807, 2.05) is 13.0 Å². The number of rotatable bonds is 5. The van der Waals surface area contributed by atoms with Gasteiger partial charge in [-0.05, 0) is 60.3 Å². The summed E-state index contributed by atoms with van der Waals surface area (Å²) in [7, 11) is 0. The zero-order valence-electron chi connectivity index (χ0n) is 20.4. The Morgan fingerprint density at radius 1 is 1.11 bits per heavy atom. The molecule has 1 aromatic rings. The van der Waals surface area contributed by atoms with Crippen LogP contribution in [0.2, 0.25) is 0 Å². The SMILES string of the molecule is CCOc1cc([C@@H]2[C@H]3C[C@H](C(C)(C)C)CC=C3C(C#N)=C(N)C2(C#N)C#N)c(Br)cc1OCC#N. The van der Waals surface area contributed by atoms with Gasteiger partial charge in [-0.1, -0.05) is 42.8 Å². The lowest BCUT2D eigenvalue weighted by atomic mass is 9.54. The molecule has 35 heavy (non-hydrogen) atoms. The predicted octanol–water partition coefficient (Wildman–Crippen LogP) is 5.62. The first-order valence-electron chi connectivity index (χ1n) is 11.5. The first kappa shape index (κ1) is 26.2. The van der Waals surface area contributed by atoms with Crippen LogP contribution in [0.4, 0.5) is 0 Å². The van der Waals surface area contributed by atoms with E-state index < -0.39 is 11.3 Å². The fraction of sp³-hybridized carbons (Fsp3) is 0.481. The molecular weight excluding hydrogens is 506 g/mol. The zero-order valence-corrected chi connectivity index (χ0v) is 21.9. The van der Waals surface area contributed by atoms with E-state index in [4.69, 9.17) is 20.5 Å². The van der Waals surface area contributed by atoms with Gasteiger partial charge in [0.15, 0.2) is 23.5 Å². The van der Waals surface area contributed by atoms with Crippen LogP contribution in [0.25, 0.3) is 0 Å². The maximum Gasteiger partial charge on any atom is 0.191 e. The van der Waals surface area contributed by atoms with Crippen LogP contribution in [0.1, 0.15) is 52.0 Å². The summed E-state index contributed by atoms with van der Waals surface area (Å²) in [6.07, 6.45) is 3.55. The summed E-state index contributed by atoms with van der Waals surface area (Å²) in [5.41, 5.74) is 6.40. The van der Waals surface area contributed by atoms with Gasteiger partial charge in [0, 0.05) is 10.4 Å². The van der Waals surface area contributed by atoms with Gasteiger partial charge < -0.3 is 15.2 Å². The molecule has 1 aromatic carbocycles. The minimum atomic E-state index is -1.74. The number of halogens is 1. The Bertz CT molecular complexity index is 1230. The number of fused-ring (bicyclic) bond motifs is 1. The minimum Gasteiger partial charge on any atom is -0.490 e. The molecule has 7 nitrogen and oxygen atoms in total. The quantitative estimate of drug-likeness (QED) is 0.517. The third-order valence-electron chi connectivity index (χ3n) is 7.09. The van der Waals surface area contributed by atoms with Crippen molar-refractivity contribution in [3.05, 3.63) is 45.1 Å². The van der Waals surface area contributed by atoms with Crippen LogP contribution in [-0.2, 0) is 0 Å². The van der Waals surface area contributed by atoms with Crippen molar-refractivity contribution in [2.45, 2.75) is 46.5 Å². The summed E-state index contributed by atoms with van der Waals surface area (Å²) < 4.78 is 12.0. The molecule has 0 aromatic heterocycles. The Labute approximate surface area is 215 Å². The highest BCUT2D eigenvalue weighted by Gasteiger charge is 2.55. The highest BCUT2D eigenvalue weighted by Crippen LogP contribution is 2.59. The summed E-state index contributed by atoms with van der Waals surface area (Å²) in [5, 5.41) is 39.7. The highest BCUT2D eigenvalue weighted by molar-refractivity contribution is 9.10. The second-order valence-corrected chi connectivity index (χ2v) is 10.8. The van der Waals surface area contributed by atoms with Crippen molar-refractivity contribution in [1.82, 2.24) is 0 Å². The molecule has 0 amide bonds. The molecule has 0 bridgehead atoms. The van der Waals surface area contributed by atoms with Gasteiger partial charge in [0.05, 0.1) is 30.0 Å². The fourth-order valence-electron chi connectivity index (χ4n) is 5.22. The molecule has 2 aliphatic carbocycles. The normalized spacial score (nSPS) is 23.0. The molecule has 0 fully saturated rings. The van der Waals surface area contributed by atoms with E-state index in [1.165, 1.54) is 0 Å². The molecule has 0 aliphatic heterocycles. The second-order valence-electron chi connectivity index (χ2n) is 9.91. The summed E-state index contributed by atoms with van der Waals surface area (Å²) in [5.74, 6) is 0.160.